The van der Waals surface area contributed by atoms with E-state index in [-0.39, 0.29) is 11.8 Å². The van der Waals surface area contributed by atoms with E-state index in [9.17, 15) is 9.59 Å². The molecule has 0 N–H and O–H groups in total. The summed E-state index contributed by atoms with van der Waals surface area (Å²) >= 11 is 1.49. The van der Waals surface area contributed by atoms with Crippen LogP contribution in [0.1, 0.15) is 46.5 Å². The van der Waals surface area contributed by atoms with Gasteiger partial charge in [0.2, 0.25) is 0 Å². The normalized spacial score (nSPS) is 19.8. The number of hydrogen-bond donors (Lipinski definition) is 0. The molecule has 1 fully saturated rings. The van der Waals surface area contributed by atoms with Crippen molar-refractivity contribution in [3.05, 3.63) is 46.3 Å². The molecule has 118 valence electrons. The highest BCUT2D eigenvalue weighted by molar-refractivity contribution is 7.17. The minimum atomic E-state index is -0.539. The van der Waals surface area contributed by atoms with Gasteiger partial charge in [-0.25, -0.2) is 4.79 Å². The van der Waals surface area contributed by atoms with Gasteiger partial charge in [-0.1, -0.05) is 24.3 Å². The molecule has 3 nitrogen and oxygen atoms in total. The maximum atomic E-state index is 12.4. The van der Waals surface area contributed by atoms with Crippen molar-refractivity contribution in [2.45, 2.75) is 44.6 Å². The van der Waals surface area contributed by atoms with Crippen LogP contribution < -0.4 is 0 Å². The molecule has 23 heavy (non-hydrogen) atoms. The number of Topliss-reactive ketones (excluding diaryl/α,β-unsaturated/α-hetero) is 1. The summed E-state index contributed by atoms with van der Waals surface area (Å²) in [6, 6.07) is 10.3. The third-order valence-electron chi connectivity index (χ3n) is 4.68. The second kappa shape index (κ2) is 5.93. The molecule has 2 aromatic rings. The lowest BCUT2D eigenvalue weighted by molar-refractivity contribution is -0.129. The molecule has 2 aliphatic carbocycles. The molecule has 1 saturated carbocycles. The van der Waals surface area contributed by atoms with Gasteiger partial charge in [0.25, 0.3) is 0 Å². The van der Waals surface area contributed by atoms with Crippen LogP contribution in [0.25, 0.3) is 10.4 Å². The Balaban J connectivity index is 1.58. The van der Waals surface area contributed by atoms with Crippen LogP contribution in [0.15, 0.2) is 30.3 Å². The topological polar surface area (TPSA) is 43.4 Å². The Kier molecular flexibility index (Phi) is 3.77. The molecule has 0 saturated heterocycles. The maximum Gasteiger partial charge on any atom is 0.349 e. The van der Waals surface area contributed by atoms with Crippen LogP contribution in [0.5, 0.6) is 0 Å². The van der Waals surface area contributed by atoms with E-state index in [1.54, 1.807) is 0 Å². The number of benzene rings is 1. The molecule has 0 radical (unpaired) electrons. The summed E-state index contributed by atoms with van der Waals surface area (Å²) in [5.41, 5.74) is 3.78. The second-order valence-corrected chi connectivity index (χ2v) is 7.28. The SMILES string of the molecule is O=C(OC1CCCCC1=O)c1cc2c(s1)-c1ccccc1CC2. The van der Waals surface area contributed by atoms with Gasteiger partial charge in [0.05, 0.1) is 0 Å². The summed E-state index contributed by atoms with van der Waals surface area (Å²) in [7, 11) is 0. The van der Waals surface area contributed by atoms with Crippen LogP contribution in [0, 0.1) is 0 Å². The van der Waals surface area contributed by atoms with Crippen LogP contribution in [0.4, 0.5) is 0 Å². The van der Waals surface area contributed by atoms with Gasteiger partial charge in [-0.2, -0.15) is 0 Å². The lowest BCUT2D eigenvalue weighted by atomic mass is 9.91. The number of esters is 1. The Labute approximate surface area is 139 Å². The van der Waals surface area contributed by atoms with Crippen molar-refractivity contribution in [3.63, 3.8) is 0 Å². The summed E-state index contributed by atoms with van der Waals surface area (Å²) in [5.74, 6) is -0.279. The van der Waals surface area contributed by atoms with Crippen LogP contribution in [0.2, 0.25) is 0 Å². The van der Waals surface area contributed by atoms with E-state index in [4.69, 9.17) is 4.74 Å². The minimum Gasteiger partial charge on any atom is -0.450 e. The molecule has 1 aromatic carbocycles. The van der Waals surface area contributed by atoms with Gasteiger partial charge in [0.1, 0.15) is 4.88 Å². The molecule has 1 aromatic heterocycles. The van der Waals surface area contributed by atoms with E-state index in [1.807, 2.05) is 12.1 Å². The lowest BCUT2D eigenvalue weighted by Crippen LogP contribution is -2.29. The average Bonchev–Trinajstić information content (AvgIpc) is 3.02. The first-order valence-corrected chi connectivity index (χ1v) is 8.99. The summed E-state index contributed by atoms with van der Waals surface area (Å²) in [4.78, 5) is 26.1. The van der Waals surface area contributed by atoms with Crippen molar-refractivity contribution < 1.29 is 14.3 Å². The molecular formula is C19H18O3S. The number of fused-ring (bicyclic) bond motifs is 3. The number of ether oxygens (including phenoxy) is 1. The Morgan fingerprint density at radius 3 is 2.78 bits per heavy atom. The quantitative estimate of drug-likeness (QED) is 0.778. The summed E-state index contributed by atoms with van der Waals surface area (Å²) in [6.07, 6.45) is 4.50. The second-order valence-electron chi connectivity index (χ2n) is 6.23. The van der Waals surface area contributed by atoms with Crippen molar-refractivity contribution in [2.24, 2.45) is 0 Å². The van der Waals surface area contributed by atoms with Gasteiger partial charge in [-0.3, -0.25) is 4.79 Å². The Morgan fingerprint density at radius 1 is 1.09 bits per heavy atom. The Hall–Kier alpha value is -1.94. The first kappa shape index (κ1) is 14.6. The van der Waals surface area contributed by atoms with E-state index >= 15 is 0 Å². The van der Waals surface area contributed by atoms with Crippen molar-refractivity contribution in [1.29, 1.82) is 0 Å². The summed E-state index contributed by atoms with van der Waals surface area (Å²) in [5, 5.41) is 0. The number of carbonyl (C=O) groups is 2. The smallest absolute Gasteiger partial charge is 0.349 e. The molecule has 4 heteroatoms. The van der Waals surface area contributed by atoms with E-state index in [1.165, 1.54) is 32.9 Å². The van der Waals surface area contributed by atoms with E-state index < -0.39 is 6.10 Å². The fourth-order valence-corrected chi connectivity index (χ4v) is 4.59. The van der Waals surface area contributed by atoms with Gasteiger partial charge >= 0.3 is 5.97 Å². The van der Waals surface area contributed by atoms with Gasteiger partial charge in [-0.05, 0) is 54.9 Å². The fourth-order valence-electron chi connectivity index (χ4n) is 3.44. The first-order valence-electron chi connectivity index (χ1n) is 8.17. The van der Waals surface area contributed by atoms with Crippen LogP contribution in [0.3, 0.4) is 0 Å². The molecule has 4 rings (SSSR count). The summed E-state index contributed by atoms with van der Waals surface area (Å²) in [6.45, 7) is 0. The Morgan fingerprint density at radius 2 is 1.91 bits per heavy atom. The number of rotatable bonds is 2. The number of carbonyl (C=O) groups excluding carboxylic acids is 2. The monoisotopic (exact) mass is 326 g/mol. The zero-order valence-electron chi connectivity index (χ0n) is 12.8. The zero-order chi connectivity index (χ0) is 15.8. The van der Waals surface area contributed by atoms with Crippen LogP contribution in [-0.2, 0) is 22.4 Å². The number of hydrogen-bond acceptors (Lipinski definition) is 4. The highest BCUT2D eigenvalue weighted by Crippen LogP contribution is 2.39. The van der Waals surface area contributed by atoms with E-state index in [0.717, 1.165) is 25.7 Å². The molecule has 1 unspecified atom stereocenters. The first-order chi connectivity index (χ1) is 11.2. The standard InChI is InChI=1S/C19H18O3S/c20-15-7-3-4-8-16(15)22-19(21)17-11-13-10-9-12-5-1-2-6-14(12)18(13)23-17/h1-2,5-6,11,16H,3-4,7-10H2. The largest absolute Gasteiger partial charge is 0.450 e. The number of thiophene rings is 1. The van der Waals surface area contributed by atoms with Crippen LogP contribution >= 0.6 is 11.3 Å². The Bertz CT molecular complexity index is 775. The summed E-state index contributed by atoms with van der Waals surface area (Å²) < 4.78 is 5.48. The third-order valence-corrected chi connectivity index (χ3v) is 5.87. The van der Waals surface area contributed by atoms with Gasteiger partial charge in [0, 0.05) is 11.3 Å². The van der Waals surface area contributed by atoms with Gasteiger partial charge in [0.15, 0.2) is 11.9 Å². The lowest BCUT2D eigenvalue weighted by Gasteiger charge is -2.20. The van der Waals surface area contributed by atoms with E-state index in [0.29, 0.717) is 17.7 Å². The molecule has 1 atom stereocenters. The van der Waals surface area contributed by atoms with Crippen molar-refractivity contribution in [2.75, 3.05) is 0 Å². The molecule has 1 heterocycles. The van der Waals surface area contributed by atoms with Crippen molar-refractivity contribution in [3.8, 4) is 10.4 Å². The third kappa shape index (κ3) is 2.72. The van der Waals surface area contributed by atoms with Crippen molar-refractivity contribution in [1.82, 2.24) is 0 Å². The van der Waals surface area contributed by atoms with Gasteiger partial charge < -0.3 is 4.74 Å². The van der Waals surface area contributed by atoms with Crippen molar-refractivity contribution >= 4 is 23.1 Å². The average molecular weight is 326 g/mol. The molecular weight excluding hydrogens is 308 g/mol. The minimum absolute atomic E-state index is 0.0660. The van der Waals surface area contributed by atoms with Gasteiger partial charge in [-0.15, -0.1) is 11.3 Å². The highest BCUT2D eigenvalue weighted by Gasteiger charge is 2.28. The predicted octanol–water partition coefficient (Wildman–Crippen LogP) is 4.18. The number of aryl methyl sites for hydroxylation is 2. The number of ketones is 1. The highest BCUT2D eigenvalue weighted by atomic mass is 32.1. The van der Waals surface area contributed by atoms with Crippen LogP contribution in [-0.4, -0.2) is 17.9 Å². The molecule has 0 bridgehead atoms. The molecule has 0 amide bonds. The zero-order valence-corrected chi connectivity index (χ0v) is 13.7. The fraction of sp³-hybridized carbons (Fsp3) is 0.368. The maximum absolute atomic E-state index is 12.4. The van der Waals surface area contributed by atoms with E-state index in [2.05, 4.69) is 18.2 Å². The molecule has 0 spiro atoms. The predicted molar refractivity (Wildman–Crippen MR) is 89.8 cm³/mol. The molecule has 0 aliphatic heterocycles. The molecule has 2 aliphatic rings.